The smallest absolute Gasteiger partial charge is 0.244 e. The molecule has 0 bridgehead atoms. The molecule has 1 aromatic rings. The molecule has 114 valence electrons. The molecule has 0 amide bonds. The zero-order valence-corrected chi connectivity index (χ0v) is 14.5. The Hall–Kier alpha value is -0.660. The van der Waals surface area contributed by atoms with Gasteiger partial charge in [-0.25, -0.2) is 18.1 Å². The first-order valence-electron chi connectivity index (χ1n) is 6.76. The third-order valence-electron chi connectivity index (χ3n) is 2.70. The maximum absolute atomic E-state index is 12.3. The Labute approximate surface area is 129 Å². The topological polar surface area (TPSA) is 71.1 Å². The number of nitrogens with zero attached hydrogens (tertiary/aromatic N) is 1. The van der Waals surface area contributed by atoms with Crippen LogP contribution in [0.5, 0.6) is 0 Å². The summed E-state index contributed by atoms with van der Waals surface area (Å²) in [6, 6.07) is 1.57. The van der Waals surface area contributed by atoms with Crippen molar-refractivity contribution < 1.29 is 8.42 Å². The standard InChI is InChI=1S/C13H22BrN3O2S/c1-4-15-13-12(8-11(14)9-16-13)20(18,19)17-7-5-6-10(2)3/h8-10,17H,4-7H2,1-3H3,(H,15,16). The second-order valence-corrected chi connectivity index (χ2v) is 7.62. The molecule has 0 aromatic carbocycles. The van der Waals surface area contributed by atoms with Gasteiger partial charge in [0.15, 0.2) is 0 Å². The maximum Gasteiger partial charge on any atom is 0.244 e. The summed E-state index contributed by atoms with van der Waals surface area (Å²) in [4.78, 5) is 4.29. The van der Waals surface area contributed by atoms with Crippen LogP contribution in [0.4, 0.5) is 5.82 Å². The fourth-order valence-electron chi connectivity index (χ4n) is 1.72. The Bertz CT molecular complexity index is 532. The van der Waals surface area contributed by atoms with E-state index < -0.39 is 10.0 Å². The quantitative estimate of drug-likeness (QED) is 0.696. The van der Waals surface area contributed by atoms with E-state index in [4.69, 9.17) is 0 Å². The second-order valence-electron chi connectivity index (χ2n) is 4.96. The number of nitrogens with one attached hydrogen (secondary N) is 2. The van der Waals surface area contributed by atoms with E-state index in [2.05, 4.69) is 44.8 Å². The summed E-state index contributed by atoms with van der Waals surface area (Å²) in [6.07, 6.45) is 3.41. The minimum Gasteiger partial charge on any atom is -0.369 e. The third-order valence-corrected chi connectivity index (χ3v) is 4.61. The normalized spacial score (nSPS) is 11.8. The number of aromatic nitrogens is 1. The van der Waals surface area contributed by atoms with Crippen molar-refractivity contribution in [1.82, 2.24) is 9.71 Å². The summed E-state index contributed by atoms with van der Waals surface area (Å²) >= 11 is 3.26. The van der Waals surface area contributed by atoms with Crippen LogP contribution in [0, 0.1) is 5.92 Å². The monoisotopic (exact) mass is 363 g/mol. The summed E-state index contributed by atoms with van der Waals surface area (Å²) in [5.41, 5.74) is 0. The molecule has 0 unspecified atom stereocenters. The highest BCUT2D eigenvalue weighted by atomic mass is 79.9. The summed E-state index contributed by atoms with van der Waals surface area (Å²) < 4.78 is 27.9. The van der Waals surface area contributed by atoms with Gasteiger partial charge in [0.05, 0.1) is 0 Å². The zero-order chi connectivity index (χ0) is 15.2. The first-order valence-corrected chi connectivity index (χ1v) is 9.03. The van der Waals surface area contributed by atoms with Crippen LogP contribution in [0.1, 0.15) is 33.6 Å². The molecule has 1 aromatic heterocycles. The molecule has 1 heterocycles. The number of sulfonamides is 1. The molecule has 2 N–H and O–H groups in total. The van der Waals surface area contributed by atoms with Crippen molar-refractivity contribution in [3.05, 3.63) is 16.7 Å². The lowest BCUT2D eigenvalue weighted by molar-refractivity contribution is 0.540. The Morgan fingerprint density at radius 1 is 1.40 bits per heavy atom. The highest BCUT2D eigenvalue weighted by Gasteiger charge is 2.19. The van der Waals surface area contributed by atoms with Crippen LogP contribution in [-0.4, -0.2) is 26.5 Å². The van der Waals surface area contributed by atoms with Gasteiger partial charge in [-0.15, -0.1) is 0 Å². The molecule has 0 aliphatic rings. The Morgan fingerprint density at radius 2 is 2.10 bits per heavy atom. The van der Waals surface area contributed by atoms with E-state index >= 15 is 0 Å². The van der Waals surface area contributed by atoms with Gasteiger partial charge >= 0.3 is 0 Å². The number of hydrogen-bond donors (Lipinski definition) is 2. The molecule has 0 saturated heterocycles. The fraction of sp³-hybridized carbons (Fsp3) is 0.615. The van der Waals surface area contributed by atoms with E-state index in [1.165, 1.54) is 0 Å². The molecule has 7 heteroatoms. The SMILES string of the molecule is CCNc1ncc(Br)cc1S(=O)(=O)NCCCC(C)C. The van der Waals surface area contributed by atoms with Gasteiger partial charge in [-0.05, 0) is 47.7 Å². The minimum atomic E-state index is -3.54. The van der Waals surface area contributed by atoms with Crippen LogP contribution in [0.3, 0.4) is 0 Å². The minimum absolute atomic E-state index is 0.179. The average Bonchev–Trinajstić information content (AvgIpc) is 2.37. The van der Waals surface area contributed by atoms with Gasteiger partial charge in [0.25, 0.3) is 0 Å². The van der Waals surface area contributed by atoms with Gasteiger partial charge in [0, 0.05) is 23.8 Å². The highest BCUT2D eigenvalue weighted by Crippen LogP contribution is 2.22. The van der Waals surface area contributed by atoms with E-state index in [1.807, 2.05) is 6.92 Å². The van der Waals surface area contributed by atoms with Gasteiger partial charge < -0.3 is 5.32 Å². The van der Waals surface area contributed by atoms with E-state index in [9.17, 15) is 8.42 Å². The van der Waals surface area contributed by atoms with Crippen molar-refractivity contribution in [1.29, 1.82) is 0 Å². The lowest BCUT2D eigenvalue weighted by Gasteiger charge is -2.12. The Morgan fingerprint density at radius 3 is 2.70 bits per heavy atom. The van der Waals surface area contributed by atoms with Crippen LogP contribution in [0.2, 0.25) is 0 Å². The predicted octanol–water partition coefficient (Wildman–Crippen LogP) is 2.99. The van der Waals surface area contributed by atoms with Crippen molar-refractivity contribution in [2.24, 2.45) is 5.92 Å². The fourth-order valence-corrected chi connectivity index (χ4v) is 3.43. The van der Waals surface area contributed by atoms with Crippen molar-refractivity contribution in [3.63, 3.8) is 0 Å². The van der Waals surface area contributed by atoms with Crippen LogP contribution in [0.15, 0.2) is 21.6 Å². The summed E-state index contributed by atoms with van der Waals surface area (Å²) in [5, 5.41) is 2.97. The molecule has 0 aliphatic carbocycles. The van der Waals surface area contributed by atoms with Crippen molar-refractivity contribution in [2.45, 2.75) is 38.5 Å². The summed E-state index contributed by atoms with van der Waals surface area (Å²) in [7, 11) is -3.54. The molecule has 1 rings (SSSR count). The molecule has 0 spiro atoms. The molecular weight excluding hydrogens is 342 g/mol. The highest BCUT2D eigenvalue weighted by molar-refractivity contribution is 9.10. The van der Waals surface area contributed by atoms with Crippen LogP contribution < -0.4 is 10.0 Å². The van der Waals surface area contributed by atoms with Crippen molar-refractivity contribution >= 4 is 31.8 Å². The Balaban J connectivity index is 2.83. The van der Waals surface area contributed by atoms with Crippen LogP contribution in [0.25, 0.3) is 0 Å². The largest absolute Gasteiger partial charge is 0.369 e. The molecular formula is C13H22BrN3O2S. The molecule has 0 radical (unpaired) electrons. The first kappa shape index (κ1) is 17.4. The molecule has 0 saturated carbocycles. The number of pyridine rings is 1. The summed E-state index contributed by atoms with van der Waals surface area (Å²) in [6.45, 7) is 7.20. The number of hydrogen-bond acceptors (Lipinski definition) is 4. The molecule has 0 atom stereocenters. The van der Waals surface area contributed by atoms with E-state index in [0.29, 0.717) is 29.3 Å². The van der Waals surface area contributed by atoms with E-state index in [0.717, 1.165) is 12.8 Å². The van der Waals surface area contributed by atoms with Gasteiger partial charge in [-0.3, -0.25) is 0 Å². The number of halogens is 1. The Kier molecular flexibility index (Phi) is 6.91. The third kappa shape index (κ3) is 5.38. The van der Waals surface area contributed by atoms with E-state index in [-0.39, 0.29) is 4.90 Å². The lowest BCUT2D eigenvalue weighted by atomic mass is 10.1. The number of anilines is 1. The van der Waals surface area contributed by atoms with Crippen LogP contribution in [-0.2, 0) is 10.0 Å². The predicted molar refractivity (Wildman–Crippen MR) is 85.4 cm³/mol. The molecule has 0 aliphatic heterocycles. The van der Waals surface area contributed by atoms with Crippen molar-refractivity contribution in [3.8, 4) is 0 Å². The van der Waals surface area contributed by atoms with Gasteiger partial charge in [0.2, 0.25) is 10.0 Å². The van der Waals surface area contributed by atoms with Crippen molar-refractivity contribution in [2.75, 3.05) is 18.4 Å². The van der Waals surface area contributed by atoms with E-state index in [1.54, 1.807) is 12.3 Å². The second kappa shape index (κ2) is 7.95. The van der Waals surface area contributed by atoms with Gasteiger partial charge in [0.1, 0.15) is 10.7 Å². The zero-order valence-electron chi connectivity index (χ0n) is 12.1. The maximum atomic E-state index is 12.3. The number of rotatable bonds is 8. The van der Waals surface area contributed by atoms with Gasteiger partial charge in [-0.1, -0.05) is 13.8 Å². The average molecular weight is 364 g/mol. The molecule has 5 nitrogen and oxygen atoms in total. The summed E-state index contributed by atoms with van der Waals surface area (Å²) in [5.74, 6) is 0.955. The van der Waals surface area contributed by atoms with Gasteiger partial charge in [-0.2, -0.15) is 0 Å². The molecule has 20 heavy (non-hydrogen) atoms. The first-order chi connectivity index (χ1) is 9.36. The molecule has 0 fully saturated rings. The van der Waals surface area contributed by atoms with Crippen LogP contribution >= 0.6 is 15.9 Å². The lowest BCUT2D eigenvalue weighted by Crippen LogP contribution is -2.26.